The van der Waals surface area contributed by atoms with Gasteiger partial charge in [0.1, 0.15) is 6.04 Å². The van der Waals surface area contributed by atoms with Gasteiger partial charge in [0, 0.05) is 11.5 Å². The molecule has 5 heteroatoms. The van der Waals surface area contributed by atoms with Crippen LogP contribution in [-0.4, -0.2) is 16.0 Å². The minimum absolute atomic E-state index is 0.0187. The second kappa shape index (κ2) is 6.99. The van der Waals surface area contributed by atoms with Crippen molar-refractivity contribution >= 4 is 5.91 Å². The largest absolute Gasteiger partial charge is 0.344 e. The third-order valence-corrected chi connectivity index (χ3v) is 5.00. The minimum atomic E-state index is -0.317. The fourth-order valence-corrected chi connectivity index (χ4v) is 3.57. The Kier molecular flexibility index (Phi) is 4.52. The number of hydrogen-bond donors (Lipinski definition) is 1. The number of hydrogen-bond acceptors (Lipinski definition) is 4. The van der Waals surface area contributed by atoms with Crippen LogP contribution in [0.5, 0.6) is 0 Å². The van der Waals surface area contributed by atoms with E-state index in [1.807, 2.05) is 37.3 Å². The molecular weight excluding hydrogens is 338 g/mol. The molecule has 138 valence electrons. The van der Waals surface area contributed by atoms with Crippen molar-refractivity contribution in [3.63, 3.8) is 0 Å². The lowest BCUT2D eigenvalue weighted by atomic mass is 10.0. The summed E-state index contributed by atoms with van der Waals surface area (Å²) >= 11 is 0. The van der Waals surface area contributed by atoms with Gasteiger partial charge in [0.2, 0.25) is 17.6 Å². The first-order valence-corrected chi connectivity index (χ1v) is 9.29. The second-order valence-electron chi connectivity index (χ2n) is 7.42. The van der Waals surface area contributed by atoms with Crippen LogP contribution in [0.3, 0.4) is 0 Å². The third kappa shape index (κ3) is 3.77. The lowest BCUT2D eigenvalue weighted by Gasteiger charge is -2.10. The van der Waals surface area contributed by atoms with Gasteiger partial charge in [-0.3, -0.25) is 4.79 Å². The third-order valence-electron chi connectivity index (χ3n) is 5.00. The fraction of sp³-hybridized carbons (Fsp3) is 0.318. The van der Waals surface area contributed by atoms with Gasteiger partial charge in [0.15, 0.2) is 0 Å². The van der Waals surface area contributed by atoms with Crippen molar-refractivity contribution in [3.05, 3.63) is 71.1 Å². The summed E-state index contributed by atoms with van der Waals surface area (Å²) in [7, 11) is 0. The summed E-state index contributed by atoms with van der Waals surface area (Å²) in [5.41, 5.74) is 4.63. The van der Waals surface area contributed by atoms with Crippen molar-refractivity contribution in [1.29, 1.82) is 0 Å². The number of aromatic nitrogens is 2. The molecule has 3 aromatic rings. The van der Waals surface area contributed by atoms with E-state index in [9.17, 15) is 4.79 Å². The number of nitrogens with zero attached hydrogens (tertiary/aromatic N) is 2. The van der Waals surface area contributed by atoms with Crippen LogP contribution in [-0.2, 0) is 4.79 Å². The lowest BCUT2D eigenvalue weighted by molar-refractivity contribution is -0.123. The minimum Gasteiger partial charge on any atom is -0.344 e. The van der Waals surface area contributed by atoms with Crippen molar-refractivity contribution in [1.82, 2.24) is 15.5 Å². The SMILES string of the molecule is Cc1cc(C)cc(C2CC2C(=O)NC(C)c2nc(-c3ccccc3)no2)c1. The maximum absolute atomic E-state index is 12.6. The molecule has 5 nitrogen and oxygen atoms in total. The summed E-state index contributed by atoms with van der Waals surface area (Å²) in [6.45, 7) is 6.06. The van der Waals surface area contributed by atoms with Gasteiger partial charge in [0.05, 0.1) is 0 Å². The molecule has 27 heavy (non-hydrogen) atoms. The first kappa shape index (κ1) is 17.5. The molecule has 1 aliphatic carbocycles. The average Bonchev–Trinajstić information content (AvgIpc) is 3.30. The van der Waals surface area contributed by atoms with Gasteiger partial charge in [-0.05, 0) is 38.7 Å². The van der Waals surface area contributed by atoms with Crippen LogP contribution in [0.1, 0.15) is 47.9 Å². The first-order chi connectivity index (χ1) is 13.0. The molecule has 4 rings (SSSR count). The highest BCUT2D eigenvalue weighted by molar-refractivity contribution is 5.83. The number of carbonyl (C=O) groups excluding carboxylic acids is 1. The quantitative estimate of drug-likeness (QED) is 0.734. The molecule has 1 N–H and O–H groups in total. The summed E-state index contributed by atoms with van der Waals surface area (Å²) in [6, 6.07) is 15.8. The molecule has 0 bridgehead atoms. The van der Waals surface area contributed by atoms with Crippen LogP contribution in [0.15, 0.2) is 53.1 Å². The van der Waals surface area contributed by atoms with Gasteiger partial charge in [0.25, 0.3) is 0 Å². The van der Waals surface area contributed by atoms with Crippen LogP contribution in [0.4, 0.5) is 0 Å². The molecular formula is C22H23N3O2. The Hall–Kier alpha value is -2.95. The van der Waals surface area contributed by atoms with Crippen molar-refractivity contribution in [3.8, 4) is 11.4 Å². The van der Waals surface area contributed by atoms with Crippen molar-refractivity contribution in [2.24, 2.45) is 5.92 Å². The molecule has 1 heterocycles. The highest BCUT2D eigenvalue weighted by Gasteiger charge is 2.44. The Morgan fingerprint density at radius 1 is 1.15 bits per heavy atom. The number of nitrogens with one attached hydrogen (secondary N) is 1. The summed E-state index contributed by atoms with van der Waals surface area (Å²) in [5, 5.41) is 7.04. The standard InChI is InChI=1S/C22H23N3O2/c1-13-9-14(2)11-17(10-13)18-12-19(18)21(26)23-15(3)22-24-20(25-27-22)16-7-5-4-6-8-16/h4-11,15,18-19H,12H2,1-3H3,(H,23,26). The van der Waals surface area contributed by atoms with E-state index in [0.717, 1.165) is 12.0 Å². The second-order valence-corrected chi connectivity index (χ2v) is 7.42. The fourth-order valence-electron chi connectivity index (χ4n) is 3.57. The predicted molar refractivity (Wildman–Crippen MR) is 103 cm³/mol. The predicted octanol–water partition coefficient (Wildman–Crippen LogP) is 4.33. The summed E-state index contributed by atoms with van der Waals surface area (Å²) in [4.78, 5) is 17.0. The van der Waals surface area contributed by atoms with E-state index in [4.69, 9.17) is 4.52 Å². The Morgan fingerprint density at radius 2 is 1.85 bits per heavy atom. The monoisotopic (exact) mass is 361 g/mol. The molecule has 1 fully saturated rings. The van der Waals surface area contributed by atoms with Crippen LogP contribution in [0, 0.1) is 19.8 Å². The molecule has 0 saturated heterocycles. The van der Waals surface area contributed by atoms with Crippen LogP contribution in [0.2, 0.25) is 0 Å². The van der Waals surface area contributed by atoms with Crippen molar-refractivity contribution < 1.29 is 9.32 Å². The van der Waals surface area contributed by atoms with Gasteiger partial charge < -0.3 is 9.84 Å². The van der Waals surface area contributed by atoms with Gasteiger partial charge in [-0.1, -0.05) is 64.8 Å². The number of aryl methyl sites for hydroxylation is 2. The normalized spacial score (nSPS) is 19.5. The van der Waals surface area contributed by atoms with Crippen molar-refractivity contribution in [2.45, 2.75) is 39.2 Å². The van der Waals surface area contributed by atoms with E-state index < -0.39 is 0 Å². The molecule has 0 aliphatic heterocycles. The summed E-state index contributed by atoms with van der Waals surface area (Å²) in [5.74, 6) is 1.33. The Labute approximate surface area is 158 Å². The van der Waals surface area contributed by atoms with E-state index in [0.29, 0.717) is 17.6 Å². The van der Waals surface area contributed by atoms with Crippen LogP contribution in [0.25, 0.3) is 11.4 Å². The highest BCUT2D eigenvalue weighted by atomic mass is 16.5. The van der Waals surface area contributed by atoms with Gasteiger partial charge in [-0.2, -0.15) is 4.98 Å². The molecule has 1 aliphatic rings. The van der Waals surface area contributed by atoms with Crippen LogP contribution < -0.4 is 5.32 Å². The van der Waals surface area contributed by atoms with Crippen molar-refractivity contribution in [2.75, 3.05) is 0 Å². The summed E-state index contributed by atoms with van der Waals surface area (Å²) in [6.07, 6.45) is 0.889. The maximum Gasteiger partial charge on any atom is 0.249 e. The van der Waals surface area contributed by atoms with Gasteiger partial charge in [-0.25, -0.2) is 0 Å². The Bertz CT molecular complexity index is 944. The van der Waals surface area contributed by atoms with E-state index in [-0.39, 0.29) is 17.9 Å². The van der Waals surface area contributed by atoms with E-state index in [1.54, 1.807) is 0 Å². The average molecular weight is 361 g/mol. The topological polar surface area (TPSA) is 68.0 Å². The molecule has 1 saturated carbocycles. The zero-order valence-corrected chi connectivity index (χ0v) is 15.8. The molecule has 1 amide bonds. The van der Waals surface area contributed by atoms with Crippen LogP contribution >= 0.6 is 0 Å². The Morgan fingerprint density at radius 3 is 2.56 bits per heavy atom. The van der Waals surface area contributed by atoms with Gasteiger partial charge in [-0.15, -0.1) is 0 Å². The van der Waals surface area contributed by atoms with E-state index >= 15 is 0 Å². The number of benzene rings is 2. The number of rotatable bonds is 5. The molecule has 2 aromatic carbocycles. The van der Waals surface area contributed by atoms with E-state index in [1.165, 1.54) is 16.7 Å². The molecule has 0 spiro atoms. The molecule has 3 unspecified atom stereocenters. The highest BCUT2D eigenvalue weighted by Crippen LogP contribution is 2.48. The molecule has 3 atom stereocenters. The van der Waals surface area contributed by atoms with E-state index in [2.05, 4.69) is 47.5 Å². The lowest BCUT2D eigenvalue weighted by Crippen LogP contribution is -2.28. The van der Waals surface area contributed by atoms with Gasteiger partial charge >= 0.3 is 0 Å². The maximum atomic E-state index is 12.6. The number of carbonyl (C=O) groups is 1. The molecule has 1 aromatic heterocycles. The molecule has 0 radical (unpaired) electrons. The first-order valence-electron chi connectivity index (χ1n) is 9.29. The Balaban J connectivity index is 1.40. The summed E-state index contributed by atoms with van der Waals surface area (Å²) < 4.78 is 5.35. The zero-order valence-electron chi connectivity index (χ0n) is 15.8. The zero-order chi connectivity index (χ0) is 19.0. The number of amides is 1. The smallest absolute Gasteiger partial charge is 0.249 e.